The van der Waals surface area contributed by atoms with Gasteiger partial charge < -0.3 is 5.32 Å². The van der Waals surface area contributed by atoms with E-state index in [1.807, 2.05) is 0 Å². The van der Waals surface area contributed by atoms with E-state index in [1.165, 1.54) is 4.68 Å². The van der Waals surface area contributed by atoms with Gasteiger partial charge in [-0.15, -0.1) is 0 Å². The Kier molecular flexibility index (Phi) is 3.43. The molecule has 0 fully saturated rings. The summed E-state index contributed by atoms with van der Waals surface area (Å²) in [6.07, 6.45) is 0. The van der Waals surface area contributed by atoms with Crippen LogP contribution in [0, 0.1) is 0 Å². The molecule has 1 heterocycles. The van der Waals surface area contributed by atoms with Crippen LogP contribution in [0.15, 0.2) is 46.0 Å². The summed E-state index contributed by atoms with van der Waals surface area (Å²) in [5, 5.41) is 6.36. The van der Waals surface area contributed by atoms with Crippen molar-refractivity contribution in [2.45, 2.75) is 6.54 Å². The van der Waals surface area contributed by atoms with E-state index in [9.17, 15) is 9.59 Å². The zero-order valence-electron chi connectivity index (χ0n) is 10.2. The van der Waals surface area contributed by atoms with Gasteiger partial charge >= 0.3 is 0 Å². The summed E-state index contributed by atoms with van der Waals surface area (Å²) < 4.78 is 1.30. The predicted octanol–water partition coefficient (Wildman–Crippen LogP) is 0.465. The molecule has 2 aromatic rings. The number of hydrogen-bond donors (Lipinski definition) is 2. The maximum Gasteiger partial charge on any atom is 0.273 e. The number of hydrogen-bond acceptors (Lipinski definition) is 3. The summed E-state index contributed by atoms with van der Waals surface area (Å²) in [5.74, 6) is 0. The molecule has 0 aliphatic heterocycles. The maximum absolute atomic E-state index is 12.2. The van der Waals surface area contributed by atoms with Gasteiger partial charge in [0.15, 0.2) is 0 Å². The average Bonchev–Trinajstić information content (AvgIpc) is 2.36. The van der Waals surface area contributed by atoms with Crippen molar-refractivity contribution in [2.75, 3.05) is 13.6 Å². The molecule has 5 heteroatoms. The molecule has 5 nitrogen and oxygen atoms in total. The van der Waals surface area contributed by atoms with Gasteiger partial charge in [0.1, 0.15) is 0 Å². The number of aromatic nitrogens is 2. The second-order valence-electron chi connectivity index (χ2n) is 4.16. The van der Waals surface area contributed by atoms with Crippen molar-refractivity contribution >= 4 is 10.8 Å². The number of nitrogens with zero attached hydrogens (tertiary/aromatic N) is 1. The molecule has 0 saturated heterocycles. The van der Waals surface area contributed by atoms with Crippen LogP contribution in [0.25, 0.3) is 10.8 Å². The zero-order valence-corrected chi connectivity index (χ0v) is 10.2. The molecule has 0 bridgehead atoms. The first kappa shape index (κ1) is 12.3. The van der Waals surface area contributed by atoms with Gasteiger partial charge in [0.25, 0.3) is 11.1 Å². The monoisotopic (exact) mass is 245 g/mol. The van der Waals surface area contributed by atoms with Crippen LogP contribution in [0.5, 0.6) is 0 Å². The van der Waals surface area contributed by atoms with Gasteiger partial charge in [-0.2, -0.15) is 0 Å². The Morgan fingerprint density at radius 1 is 1.33 bits per heavy atom. The first-order valence-electron chi connectivity index (χ1n) is 5.66. The highest BCUT2D eigenvalue weighted by Crippen LogP contribution is 2.02. The van der Waals surface area contributed by atoms with E-state index in [1.54, 1.807) is 31.3 Å². The van der Waals surface area contributed by atoms with Gasteiger partial charge in [0.05, 0.1) is 17.3 Å². The Balaban J connectivity index is 2.54. The molecule has 0 atom stereocenters. The third kappa shape index (κ3) is 2.26. The fourth-order valence-corrected chi connectivity index (χ4v) is 1.89. The Bertz CT molecular complexity index is 697. The van der Waals surface area contributed by atoms with Crippen LogP contribution in [-0.2, 0) is 6.54 Å². The van der Waals surface area contributed by atoms with Gasteiger partial charge in [0, 0.05) is 6.54 Å². The lowest BCUT2D eigenvalue weighted by molar-refractivity contribution is 0.615. The molecule has 1 aromatic carbocycles. The molecule has 18 heavy (non-hydrogen) atoms. The Labute approximate surface area is 104 Å². The molecule has 0 aliphatic rings. The third-order valence-electron chi connectivity index (χ3n) is 2.69. The molecule has 2 N–H and O–H groups in total. The zero-order chi connectivity index (χ0) is 13.1. The summed E-state index contributed by atoms with van der Waals surface area (Å²) in [4.78, 5) is 24.0. The molecule has 0 aliphatic carbocycles. The highest BCUT2D eigenvalue weighted by molar-refractivity contribution is 5.80. The summed E-state index contributed by atoms with van der Waals surface area (Å²) in [6, 6.07) is 6.78. The molecule has 0 unspecified atom stereocenters. The summed E-state index contributed by atoms with van der Waals surface area (Å²) in [7, 11) is 1.80. The standard InChI is InChI=1S/C13H15N3O2/c1-9(7-14-2)8-16-13(18)11-6-4-3-5-10(11)12(17)15-16/h3-6,14H,1,7-8H2,2H3,(H,15,17). The van der Waals surface area contributed by atoms with E-state index in [4.69, 9.17) is 0 Å². The van der Waals surface area contributed by atoms with Crippen molar-refractivity contribution < 1.29 is 0 Å². The molecular weight excluding hydrogens is 230 g/mol. The van der Waals surface area contributed by atoms with Crippen LogP contribution in [0.1, 0.15) is 0 Å². The van der Waals surface area contributed by atoms with E-state index < -0.39 is 0 Å². The van der Waals surface area contributed by atoms with Crippen molar-refractivity contribution in [3.05, 3.63) is 57.1 Å². The van der Waals surface area contributed by atoms with Crippen molar-refractivity contribution in [3.8, 4) is 0 Å². The summed E-state index contributed by atoms with van der Waals surface area (Å²) in [5.41, 5.74) is 0.357. The van der Waals surface area contributed by atoms with E-state index >= 15 is 0 Å². The SMILES string of the molecule is C=C(CNC)Cn1[nH]c(=O)c2ccccc2c1=O. The van der Waals surface area contributed by atoms with Crippen molar-refractivity contribution in [2.24, 2.45) is 0 Å². The van der Waals surface area contributed by atoms with Gasteiger partial charge in [0.2, 0.25) is 0 Å². The third-order valence-corrected chi connectivity index (χ3v) is 2.69. The highest BCUT2D eigenvalue weighted by Gasteiger charge is 2.06. The largest absolute Gasteiger partial charge is 0.316 e. The van der Waals surface area contributed by atoms with Crippen molar-refractivity contribution in [1.82, 2.24) is 15.1 Å². The van der Waals surface area contributed by atoms with Crippen LogP contribution in [0.2, 0.25) is 0 Å². The predicted molar refractivity (Wildman–Crippen MR) is 71.9 cm³/mol. The van der Waals surface area contributed by atoms with E-state index in [0.717, 1.165) is 5.57 Å². The second kappa shape index (κ2) is 5.01. The number of benzene rings is 1. The molecule has 2 rings (SSSR count). The normalized spacial score (nSPS) is 10.7. The molecule has 0 amide bonds. The van der Waals surface area contributed by atoms with Crippen LogP contribution in [0.3, 0.4) is 0 Å². The van der Waals surface area contributed by atoms with Crippen molar-refractivity contribution in [3.63, 3.8) is 0 Å². The number of fused-ring (bicyclic) bond motifs is 1. The number of likely N-dealkylation sites (N-methyl/N-ethyl adjacent to an activating group) is 1. The number of nitrogens with one attached hydrogen (secondary N) is 2. The maximum atomic E-state index is 12.2. The number of rotatable bonds is 4. The number of aromatic amines is 1. The smallest absolute Gasteiger partial charge is 0.273 e. The van der Waals surface area contributed by atoms with Gasteiger partial charge in [-0.1, -0.05) is 18.7 Å². The lowest BCUT2D eigenvalue weighted by Gasteiger charge is -2.08. The minimum Gasteiger partial charge on any atom is -0.316 e. The molecule has 0 radical (unpaired) electrons. The molecule has 0 spiro atoms. The molecular formula is C13H15N3O2. The number of H-pyrrole nitrogens is 1. The minimum absolute atomic E-state index is 0.206. The second-order valence-corrected chi connectivity index (χ2v) is 4.16. The Hall–Kier alpha value is -2.14. The first-order valence-corrected chi connectivity index (χ1v) is 5.66. The van der Waals surface area contributed by atoms with Gasteiger partial charge in [-0.3, -0.25) is 14.7 Å². The lowest BCUT2D eigenvalue weighted by atomic mass is 10.2. The highest BCUT2D eigenvalue weighted by atomic mass is 16.2. The molecule has 94 valence electrons. The fourth-order valence-electron chi connectivity index (χ4n) is 1.89. The molecule has 0 saturated carbocycles. The van der Waals surface area contributed by atoms with Crippen LogP contribution < -0.4 is 16.4 Å². The topological polar surface area (TPSA) is 66.9 Å². The lowest BCUT2D eigenvalue weighted by Crippen LogP contribution is -2.31. The van der Waals surface area contributed by atoms with Gasteiger partial charge in [-0.05, 0) is 24.8 Å². The average molecular weight is 245 g/mol. The first-order chi connectivity index (χ1) is 8.63. The molecule has 1 aromatic heterocycles. The van der Waals surface area contributed by atoms with Crippen LogP contribution >= 0.6 is 0 Å². The minimum atomic E-state index is -0.262. The van der Waals surface area contributed by atoms with Gasteiger partial charge in [-0.25, -0.2) is 4.68 Å². The Morgan fingerprint density at radius 2 is 2.00 bits per heavy atom. The van der Waals surface area contributed by atoms with E-state index in [-0.39, 0.29) is 11.1 Å². The van der Waals surface area contributed by atoms with E-state index in [2.05, 4.69) is 17.0 Å². The van der Waals surface area contributed by atoms with Crippen molar-refractivity contribution in [1.29, 1.82) is 0 Å². The quantitative estimate of drug-likeness (QED) is 0.769. The van der Waals surface area contributed by atoms with Crippen LogP contribution in [0.4, 0.5) is 0 Å². The Morgan fingerprint density at radius 3 is 2.67 bits per heavy atom. The summed E-state index contributed by atoms with van der Waals surface area (Å²) in [6.45, 7) is 4.75. The van der Waals surface area contributed by atoms with Crippen LogP contribution in [-0.4, -0.2) is 23.4 Å². The van der Waals surface area contributed by atoms with E-state index in [0.29, 0.717) is 23.9 Å². The fraction of sp³-hybridized carbons (Fsp3) is 0.231. The summed E-state index contributed by atoms with van der Waals surface area (Å²) >= 11 is 0.